The molecule has 108 valence electrons. The Morgan fingerprint density at radius 2 is 2.10 bits per heavy atom. The number of carboxylic acids is 1. The molecule has 2 aromatic rings. The molecule has 1 fully saturated rings. The fourth-order valence-electron chi connectivity index (χ4n) is 2.48. The van der Waals surface area contributed by atoms with Gasteiger partial charge in [0.1, 0.15) is 11.4 Å². The molecule has 1 aromatic carbocycles. The molecule has 2 heterocycles. The van der Waals surface area contributed by atoms with Crippen molar-refractivity contribution in [2.24, 2.45) is 0 Å². The summed E-state index contributed by atoms with van der Waals surface area (Å²) in [6, 6.07) is 9.05. The van der Waals surface area contributed by atoms with Gasteiger partial charge in [-0.15, -0.1) is 0 Å². The number of rotatable bonds is 2. The molecule has 3 rings (SSSR count). The number of hydrogen-bond acceptors (Lipinski definition) is 4. The average molecular weight is 285 g/mol. The van der Waals surface area contributed by atoms with Crippen LogP contribution in [0, 0.1) is 0 Å². The molecule has 1 aromatic heterocycles. The van der Waals surface area contributed by atoms with Crippen LogP contribution in [0.5, 0.6) is 0 Å². The van der Waals surface area contributed by atoms with Crippen molar-refractivity contribution in [3.05, 3.63) is 35.9 Å². The lowest BCUT2D eigenvalue weighted by atomic mass is 10.1. The topological polar surface area (TPSA) is 82.5 Å². The zero-order valence-corrected chi connectivity index (χ0v) is 11.4. The van der Waals surface area contributed by atoms with Gasteiger partial charge in [0.05, 0.1) is 5.52 Å². The molecule has 21 heavy (non-hydrogen) atoms. The van der Waals surface area contributed by atoms with Gasteiger partial charge in [0, 0.05) is 31.4 Å². The van der Waals surface area contributed by atoms with E-state index in [9.17, 15) is 14.7 Å². The van der Waals surface area contributed by atoms with Gasteiger partial charge >= 0.3 is 5.97 Å². The van der Waals surface area contributed by atoms with Crippen molar-refractivity contribution in [3.8, 4) is 0 Å². The van der Waals surface area contributed by atoms with E-state index in [0.717, 1.165) is 10.9 Å². The highest BCUT2D eigenvalue weighted by atomic mass is 16.4. The number of anilines is 1. The number of aromatic nitrogens is 1. The van der Waals surface area contributed by atoms with Crippen molar-refractivity contribution in [3.63, 3.8) is 0 Å². The Hall–Kier alpha value is -2.63. The molecule has 1 saturated heterocycles. The number of carbonyl (C=O) groups is 2. The zero-order chi connectivity index (χ0) is 14.8. The van der Waals surface area contributed by atoms with E-state index in [4.69, 9.17) is 0 Å². The van der Waals surface area contributed by atoms with Crippen molar-refractivity contribution in [2.75, 3.05) is 24.5 Å². The summed E-state index contributed by atoms with van der Waals surface area (Å²) in [6.45, 7) is 1.52. The predicted molar refractivity (Wildman–Crippen MR) is 78.5 cm³/mol. The van der Waals surface area contributed by atoms with E-state index < -0.39 is 5.97 Å². The van der Waals surface area contributed by atoms with Crippen LogP contribution < -0.4 is 10.2 Å². The van der Waals surface area contributed by atoms with Gasteiger partial charge in [0.2, 0.25) is 5.91 Å². The van der Waals surface area contributed by atoms with Gasteiger partial charge in [-0.2, -0.15) is 0 Å². The van der Waals surface area contributed by atoms with Crippen LogP contribution in [0.25, 0.3) is 10.9 Å². The lowest BCUT2D eigenvalue weighted by molar-refractivity contribution is -0.120. The van der Waals surface area contributed by atoms with Crippen LogP contribution >= 0.6 is 0 Å². The lowest BCUT2D eigenvalue weighted by Crippen LogP contribution is -2.30. The Balaban J connectivity index is 2.08. The summed E-state index contributed by atoms with van der Waals surface area (Å²) in [5, 5.41) is 13.0. The quantitative estimate of drug-likeness (QED) is 0.868. The molecule has 0 unspecified atom stereocenters. The van der Waals surface area contributed by atoms with E-state index in [1.165, 1.54) is 0 Å². The Bertz CT molecular complexity index is 714. The van der Waals surface area contributed by atoms with E-state index in [0.29, 0.717) is 31.9 Å². The Labute approximate surface area is 121 Å². The highest BCUT2D eigenvalue weighted by molar-refractivity contribution is 5.98. The van der Waals surface area contributed by atoms with E-state index in [1.807, 2.05) is 29.2 Å². The number of nitrogens with zero attached hydrogens (tertiary/aromatic N) is 2. The molecule has 2 N–H and O–H groups in total. The molecule has 0 spiro atoms. The van der Waals surface area contributed by atoms with E-state index in [-0.39, 0.29) is 11.5 Å². The largest absolute Gasteiger partial charge is 0.478 e. The van der Waals surface area contributed by atoms with Crippen molar-refractivity contribution < 1.29 is 14.7 Å². The van der Waals surface area contributed by atoms with Gasteiger partial charge in [-0.25, -0.2) is 9.78 Å². The smallest absolute Gasteiger partial charge is 0.339 e. The van der Waals surface area contributed by atoms with Crippen molar-refractivity contribution in [1.82, 2.24) is 10.3 Å². The summed E-state index contributed by atoms with van der Waals surface area (Å²) < 4.78 is 0. The number of hydrogen-bond donors (Lipinski definition) is 2. The minimum absolute atomic E-state index is 0.0184. The molecular formula is C15H15N3O3. The van der Waals surface area contributed by atoms with Crippen LogP contribution in [0.1, 0.15) is 16.8 Å². The second-order valence-corrected chi connectivity index (χ2v) is 4.94. The third-order valence-electron chi connectivity index (χ3n) is 3.55. The van der Waals surface area contributed by atoms with Crippen LogP contribution in [-0.2, 0) is 4.79 Å². The van der Waals surface area contributed by atoms with Gasteiger partial charge < -0.3 is 15.3 Å². The molecule has 0 bridgehead atoms. The van der Waals surface area contributed by atoms with Crippen molar-refractivity contribution in [2.45, 2.75) is 6.42 Å². The fraction of sp³-hybridized carbons (Fsp3) is 0.267. The molecule has 0 atom stereocenters. The number of nitrogens with one attached hydrogen (secondary N) is 1. The summed E-state index contributed by atoms with van der Waals surface area (Å²) in [5.41, 5.74) is 0.920. The summed E-state index contributed by atoms with van der Waals surface area (Å²) in [7, 11) is 0. The maximum Gasteiger partial charge on any atom is 0.339 e. The summed E-state index contributed by atoms with van der Waals surface area (Å²) in [6.07, 6.45) is 0.341. The molecular weight excluding hydrogens is 270 g/mol. The van der Waals surface area contributed by atoms with Gasteiger partial charge in [-0.1, -0.05) is 18.2 Å². The van der Waals surface area contributed by atoms with Crippen LogP contribution in [0.4, 0.5) is 5.82 Å². The summed E-state index contributed by atoms with van der Waals surface area (Å²) in [4.78, 5) is 29.3. The third-order valence-corrected chi connectivity index (χ3v) is 3.55. The third kappa shape index (κ3) is 2.65. The number of carbonyl (C=O) groups excluding carboxylic acids is 1. The molecule has 1 amide bonds. The van der Waals surface area contributed by atoms with Crippen LogP contribution in [-0.4, -0.2) is 41.6 Å². The Morgan fingerprint density at radius 1 is 1.29 bits per heavy atom. The normalized spacial score (nSPS) is 15.6. The number of benzene rings is 1. The number of fused-ring (bicyclic) bond motifs is 1. The van der Waals surface area contributed by atoms with Gasteiger partial charge in [-0.05, 0) is 12.1 Å². The number of para-hydroxylation sites is 1. The maximum atomic E-state index is 11.5. The molecule has 1 aliphatic heterocycles. The lowest BCUT2D eigenvalue weighted by Gasteiger charge is -2.22. The SMILES string of the molecule is O=C1CCN(c2nc3ccccc3cc2C(=O)O)CCN1. The Kier molecular flexibility index (Phi) is 3.43. The Morgan fingerprint density at radius 3 is 2.90 bits per heavy atom. The first-order valence-corrected chi connectivity index (χ1v) is 6.80. The summed E-state index contributed by atoms with van der Waals surface area (Å²) >= 11 is 0. The van der Waals surface area contributed by atoms with E-state index >= 15 is 0 Å². The van der Waals surface area contributed by atoms with Crippen molar-refractivity contribution >= 4 is 28.6 Å². The average Bonchev–Trinajstić information content (AvgIpc) is 2.70. The molecule has 6 nitrogen and oxygen atoms in total. The first kappa shape index (κ1) is 13.4. The molecule has 1 aliphatic rings. The summed E-state index contributed by atoms with van der Waals surface area (Å²) in [5.74, 6) is -0.598. The minimum Gasteiger partial charge on any atom is -0.478 e. The van der Waals surface area contributed by atoms with E-state index in [2.05, 4.69) is 10.3 Å². The molecule has 0 radical (unpaired) electrons. The second kappa shape index (κ2) is 5.40. The second-order valence-electron chi connectivity index (χ2n) is 4.94. The van der Waals surface area contributed by atoms with Crippen LogP contribution in [0.3, 0.4) is 0 Å². The number of pyridine rings is 1. The first-order chi connectivity index (χ1) is 10.1. The number of aromatic carboxylic acids is 1. The first-order valence-electron chi connectivity index (χ1n) is 6.80. The molecule has 0 saturated carbocycles. The fourth-order valence-corrected chi connectivity index (χ4v) is 2.48. The zero-order valence-electron chi connectivity index (χ0n) is 11.4. The maximum absolute atomic E-state index is 11.5. The molecule has 6 heteroatoms. The highest BCUT2D eigenvalue weighted by Gasteiger charge is 2.21. The standard InChI is InChI=1S/C15H15N3O3/c19-13-5-7-18(8-6-16-13)14-11(15(20)21)9-10-3-1-2-4-12(10)17-14/h1-4,9H,5-8H2,(H,16,19)(H,20,21). The predicted octanol–water partition coefficient (Wildman–Crippen LogP) is 1.26. The van der Waals surface area contributed by atoms with Crippen molar-refractivity contribution in [1.29, 1.82) is 0 Å². The van der Waals surface area contributed by atoms with Gasteiger partial charge in [0.15, 0.2) is 0 Å². The number of amides is 1. The van der Waals surface area contributed by atoms with E-state index in [1.54, 1.807) is 6.07 Å². The van der Waals surface area contributed by atoms with Gasteiger partial charge in [-0.3, -0.25) is 4.79 Å². The highest BCUT2D eigenvalue weighted by Crippen LogP contribution is 2.24. The van der Waals surface area contributed by atoms with Crippen LogP contribution in [0.15, 0.2) is 30.3 Å². The monoisotopic (exact) mass is 285 g/mol. The minimum atomic E-state index is -1.01. The number of carboxylic acid groups (broad SMARTS) is 1. The van der Waals surface area contributed by atoms with Crippen LogP contribution in [0.2, 0.25) is 0 Å². The van der Waals surface area contributed by atoms with Gasteiger partial charge in [0.25, 0.3) is 0 Å². The molecule has 0 aliphatic carbocycles.